The molecule has 0 fully saturated rings. The van der Waals surface area contributed by atoms with Crippen LogP contribution in [0.3, 0.4) is 0 Å². The number of para-hydroxylation sites is 1. The van der Waals surface area contributed by atoms with E-state index in [2.05, 4.69) is 35.8 Å². The molecule has 3 N–H and O–H groups in total. The smallest absolute Gasteiger partial charge is 0.228 e. The molecule has 9 heteroatoms. The molecule has 2 aromatic heterocycles. The number of H-pyrrole nitrogens is 1. The van der Waals surface area contributed by atoms with E-state index in [1.54, 1.807) is 24.7 Å². The van der Waals surface area contributed by atoms with Crippen molar-refractivity contribution >= 4 is 17.5 Å². The second-order valence-corrected chi connectivity index (χ2v) is 5.81. The molecule has 26 heavy (non-hydrogen) atoms. The Morgan fingerprint density at radius 3 is 3.00 bits per heavy atom. The van der Waals surface area contributed by atoms with E-state index >= 15 is 0 Å². The Hall–Kier alpha value is -3.62. The molecule has 1 aliphatic rings. The molecule has 1 aromatic carbocycles. The number of amides is 2. The molecule has 0 saturated carbocycles. The molecule has 4 rings (SSSR count). The Morgan fingerprint density at radius 2 is 2.15 bits per heavy atom. The number of carbonyl (C=O) groups excluding carboxylic acids is 2. The average Bonchev–Trinajstić information content (AvgIpc) is 3.15. The minimum Gasteiger partial charge on any atom is -0.348 e. The molecule has 3 heterocycles. The number of aromatic amines is 1. The molecule has 1 atom stereocenters. The predicted octanol–water partition coefficient (Wildman–Crippen LogP) is 1.00. The maximum Gasteiger partial charge on any atom is 0.228 e. The van der Waals surface area contributed by atoms with Gasteiger partial charge in [-0.2, -0.15) is 5.10 Å². The van der Waals surface area contributed by atoms with Gasteiger partial charge in [-0.3, -0.25) is 19.7 Å². The Bertz CT molecular complexity index is 955. The van der Waals surface area contributed by atoms with Gasteiger partial charge in [0.1, 0.15) is 11.5 Å². The summed E-state index contributed by atoms with van der Waals surface area (Å²) in [5.74, 6) is -0.0298. The van der Waals surface area contributed by atoms with E-state index in [1.165, 1.54) is 0 Å². The highest BCUT2D eigenvalue weighted by molar-refractivity contribution is 6.01. The van der Waals surface area contributed by atoms with Crippen LogP contribution in [0.5, 0.6) is 0 Å². The molecule has 2 amide bonds. The van der Waals surface area contributed by atoms with Gasteiger partial charge in [-0.1, -0.05) is 18.2 Å². The Labute approximate surface area is 148 Å². The van der Waals surface area contributed by atoms with Gasteiger partial charge >= 0.3 is 0 Å². The van der Waals surface area contributed by atoms with Gasteiger partial charge in [-0.15, -0.1) is 0 Å². The van der Waals surface area contributed by atoms with Crippen molar-refractivity contribution in [2.24, 2.45) is 0 Å². The summed E-state index contributed by atoms with van der Waals surface area (Å²) in [6.07, 6.45) is 4.79. The summed E-state index contributed by atoms with van der Waals surface area (Å²) in [4.78, 5) is 36.8. The number of hydrogen-bond acceptors (Lipinski definition) is 6. The zero-order chi connectivity index (χ0) is 17.9. The molecule has 0 saturated heterocycles. The van der Waals surface area contributed by atoms with Gasteiger partial charge in [0.25, 0.3) is 0 Å². The normalized spacial score (nSPS) is 15.8. The van der Waals surface area contributed by atoms with Gasteiger partial charge < -0.3 is 10.6 Å². The van der Waals surface area contributed by atoms with Gasteiger partial charge in [0.2, 0.25) is 17.6 Å². The first-order valence-electron chi connectivity index (χ1n) is 8.05. The predicted molar refractivity (Wildman–Crippen MR) is 91.7 cm³/mol. The van der Waals surface area contributed by atoms with Crippen LogP contribution in [0.2, 0.25) is 0 Å². The van der Waals surface area contributed by atoms with Gasteiger partial charge in [0, 0.05) is 24.5 Å². The molecule has 0 bridgehead atoms. The molecule has 0 radical (unpaired) electrons. The van der Waals surface area contributed by atoms with Crippen molar-refractivity contribution in [1.29, 1.82) is 0 Å². The molecular weight excluding hydrogens is 334 g/mol. The number of fused-ring (bicyclic) bond motifs is 1. The number of nitrogens with zero attached hydrogens (tertiary/aromatic N) is 4. The van der Waals surface area contributed by atoms with E-state index in [9.17, 15) is 9.59 Å². The Morgan fingerprint density at radius 1 is 1.27 bits per heavy atom. The lowest BCUT2D eigenvalue weighted by Crippen LogP contribution is -2.34. The lowest BCUT2D eigenvalue weighted by Gasteiger charge is -2.24. The standard InChI is InChI=1S/C17H15N7O2/c25-15-7-11(10-3-1-2-4-12(10)21-15)17(26)20-9-14-22-16(24-23-14)13-8-18-5-6-19-13/h1-6,8,11H,7,9H2,(H,20,26)(H,21,25)(H,22,23,24)/t11-/m0/s1. The Balaban J connectivity index is 1.45. The third-order valence-electron chi connectivity index (χ3n) is 4.07. The summed E-state index contributed by atoms with van der Waals surface area (Å²) in [6.45, 7) is 0.173. The van der Waals surface area contributed by atoms with E-state index in [-0.39, 0.29) is 24.8 Å². The highest BCUT2D eigenvalue weighted by Crippen LogP contribution is 2.31. The first kappa shape index (κ1) is 15.9. The average molecular weight is 349 g/mol. The van der Waals surface area contributed by atoms with Crippen LogP contribution in [0, 0.1) is 0 Å². The van der Waals surface area contributed by atoms with Gasteiger partial charge in [0.05, 0.1) is 18.7 Å². The molecule has 130 valence electrons. The van der Waals surface area contributed by atoms with Crippen LogP contribution in [-0.4, -0.2) is 37.0 Å². The van der Waals surface area contributed by atoms with Crippen LogP contribution in [-0.2, 0) is 16.1 Å². The van der Waals surface area contributed by atoms with Crippen molar-refractivity contribution < 1.29 is 9.59 Å². The van der Waals surface area contributed by atoms with Crippen molar-refractivity contribution in [3.05, 3.63) is 54.2 Å². The lowest BCUT2D eigenvalue weighted by atomic mass is 9.90. The second-order valence-electron chi connectivity index (χ2n) is 5.81. The first-order valence-corrected chi connectivity index (χ1v) is 8.05. The van der Waals surface area contributed by atoms with Gasteiger partial charge in [0.15, 0.2) is 0 Å². The van der Waals surface area contributed by atoms with Gasteiger partial charge in [-0.25, -0.2) is 9.97 Å². The van der Waals surface area contributed by atoms with Crippen molar-refractivity contribution in [3.63, 3.8) is 0 Å². The van der Waals surface area contributed by atoms with Crippen molar-refractivity contribution in [1.82, 2.24) is 30.5 Å². The number of rotatable bonds is 4. The monoisotopic (exact) mass is 349 g/mol. The van der Waals surface area contributed by atoms with E-state index in [0.29, 0.717) is 23.0 Å². The summed E-state index contributed by atoms with van der Waals surface area (Å²) in [6, 6.07) is 7.30. The maximum absolute atomic E-state index is 12.6. The third-order valence-corrected chi connectivity index (χ3v) is 4.07. The summed E-state index contributed by atoms with van der Waals surface area (Å²) in [5.41, 5.74) is 2.02. The number of nitrogens with one attached hydrogen (secondary N) is 3. The minimum absolute atomic E-state index is 0.115. The fourth-order valence-corrected chi connectivity index (χ4v) is 2.84. The fraction of sp³-hybridized carbons (Fsp3) is 0.176. The van der Waals surface area contributed by atoms with E-state index in [4.69, 9.17) is 0 Å². The molecular formula is C17H15N7O2. The van der Waals surface area contributed by atoms with E-state index in [1.807, 2.05) is 18.2 Å². The van der Waals surface area contributed by atoms with Gasteiger partial charge in [-0.05, 0) is 11.6 Å². The van der Waals surface area contributed by atoms with Crippen molar-refractivity contribution in [2.75, 3.05) is 5.32 Å². The number of benzene rings is 1. The molecule has 0 unspecified atom stereocenters. The maximum atomic E-state index is 12.6. The largest absolute Gasteiger partial charge is 0.348 e. The summed E-state index contributed by atoms with van der Waals surface area (Å²) >= 11 is 0. The molecule has 1 aliphatic heterocycles. The zero-order valence-electron chi connectivity index (χ0n) is 13.6. The van der Waals surface area contributed by atoms with Crippen LogP contribution in [0.25, 0.3) is 11.5 Å². The van der Waals surface area contributed by atoms with Crippen molar-refractivity contribution in [2.45, 2.75) is 18.9 Å². The Kier molecular flexibility index (Phi) is 4.10. The van der Waals surface area contributed by atoms with E-state index in [0.717, 1.165) is 5.56 Å². The summed E-state index contributed by atoms with van der Waals surface area (Å²) in [5, 5.41) is 12.4. The quantitative estimate of drug-likeness (QED) is 0.645. The highest BCUT2D eigenvalue weighted by Gasteiger charge is 2.30. The highest BCUT2D eigenvalue weighted by atomic mass is 16.2. The molecule has 9 nitrogen and oxygen atoms in total. The third kappa shape index (κ3) is 3.14. The van der Waals surface area contributed by atoms with Crippen LogP contribution >= 0.6 is 0 Å². The van der Waals surface area contributed by atoms with Crippen molar-refractivity contribution in [3.8, 4) is 11.5 Å². The zero-order valence-corrected chi connectivity index (χ0v) is 13.6. The van der Waals surface area contributed by atoms with Crippen LogP contribution in [0.1, 0.15) is 23.7 Å². The van der Waals surface area contributed by atoms with Crippen LogP contribution in [0.4, 0.5) is 5.69 Å². The second kappa shape index (κ2) is 6.71. The van der Waals surface area contributed by atoms with E-state index < -0.39 is 5.92 Å². The minimum atomic E-state index is -0.526. The first-order chi connectivity index (χ1) is 12.7. The van der Waals surface area contributed by atoms with Crippen LogP contribution < -0.4 is 10.6 Å². The molecule has 0 spiro atoms. The fourth-order valence-electron chi connectivity index (χ4n) is 2.84. The lowest BCUT2D eigenvalue weighted by molar-refractivity contribution is -0.126. The molecule has 3 aromatic rings. The molecule has 0 aliphatic carbocycles. The summed E-state index contributed by atoms with van der Waals surface area (Å²) in [7, 11) is 0. The summed E-state index contributed by atoms with van der Waals surface area (Å²) < 4.78 is 0. The number of aromatic nitrogens is 5. The number of carbonyl (C=O) groups is 2. The topological polar surface area (TPSA) is 126 Å². The number of hydrogen-bond donors (Lipinski definition) is 3. The number of anilines is 1. The van der Waals surface area contributed by atoms with Crippen LogP contribution in [0.15, 0.2) is 42.9 Å². The SMILES string of the molecule is O=C1C[C@H](C(=O)NCc2nc(-c3cnccn3)n[nH]2)c2ccccc2N1.